The second-order valence-corrected chi connectivity index (χ2v) is 8.52. The molecule has 3 aromatic carbocycles. The first-order valence-electron chi connectivity index (χ1n) is 10.1. The molecule has 0 aliphatic rings. The smallest absolute Gasteiger partial charge is 0.308 e. The number of thiazole rings is 1. The summed E-state index contributed by atoms with van der Waals surface area (Å²) in [5.74, 6) is 0.457. The van der Waals surface area contributed by atoms with E-state index in [0.717, 1.165) is 21.0 Å². The fourth-order valence-electron chi connectivity index (χ4n) is 3.55. The van der Waals surface area contributed by atoms with Crippen LogP contribution in [-0.2, 0) is 4.79 Å². The lowest BCUT2D eigenvalue weighted by molar-refractivity contribution is -0.122. The highest BCUT2D eigenvalue weighted by molar-refractivity contribution is 7.16. The lowest BCUT2D eigenvalue weighted by Gasteiger charge is -2.18. The predicted octanol–water partition coefficient (Wildman–Crippen LogP) is 5.59. The van der Waals surface area contributed by atoms with Gasteiger partial charge in [0.05, 0.1) is 10.2 Å². The number of hydrogen-bond acceptors (Lipinski definition) is 4. The van der Waals surface area contributed by atoms with Crippen molar-refractivity contribution in [3.8, 4) is 5.75 Å². The Morgan fingerprint density at radius 2 is 1.83 bits per heavy atom. The highest BCUT2D eigenvalue weighted by Gasteiger charge is 2.19. The number of aromatic nitrogens is 1. The molecule has 1 atom stereocenters. The molecule has 1 N–H and O–H groups in total. The van der Waals surface area contributed by atoms with Gasteiger partial charge in [0.2, 0.25) is 0 Å². The number of anilines is 1. The van der Waals surface area contributed by atoms with Crippen molar-refractivity contribution in [1.29, 1.82) is 0 Å². The number of ether oxygens (including phenoxy) is 1. The maximum absolute atomic E-state index is 12.8. The highest BCUT2D eigenvalue weighted by Crippen LogP contribution is 2.25. The molecule has 0 saturated heterocycles. The molecule has 154 valence electrons. The van der Waals surface area contributed by atoms with E-state index in [4.69, 9.17) is 4.74 Å². The van der Waals surface area contributed by atoms with Crippen LogP contribution in [-0.4, -0.2) is 16.6 Å². The van der Waals surface area contributed by atoms with E-state index in [2.05, 4.69) is 5.32 Å². The summed E-state index contributed by atoms with van der Waals surface area (Å²) in [5, 5.41) is 5.13. The van der Waals surface area contributed by atoms with E-state index in [1.165, 1.54) is 11.3 Å². The van der Waals surface area contributed by atoms with Crippen LogP contribution in [0.15, 0.2) is 65.5 Å². The monoisotopic (exact) mass is 420 g/mol. The minimum absolute atomic E-state index is 0.00884. The molecule has 0 fully saturated rings. The molecule has 0 bridgehead atoms. The SMILES string of the molecule is CC[C@H](Oc1ccc2ccccc2c1)C(=O)Nc1ccc2c(c1)sc(=O)n2C(C)C. The molecular weight excluding hydrogens is 396 g/mol. The molecule has 0 radical (unpaired) electrons. The Kier molecular flexibility index (Phi) is 5.59. The summed E-state index contributed by atoms with van der Waals surface area (Å²) in [5.41, 5.74) is 1.54. The maximum atomic E-state index is 12.8. The molecule has 1 amide bonds. The second-order valence-electron chi connectivity index (χ2n) is 7.53. The van der Waals surface area contributed by atoms with E-state index >= 15 is 0 Å². The van der Waals surface area contributed by atoms with Gasteiger partial charge in [-0.05, 0) is 61.4 Å². The van der Waals surface area contributed by atoms with Gasteiger partial charge in [0, 0.05) is 11.7 Å². The zero-order valence-corrected chi connectivity index (χ0v) is 18.0. The minimum atomic E-state index is -0.610. The second kappa shape index (κ2) is 8.32. The van der Waals surface area contributed by atoms with Gasteiger partial charge in [-0.1, -0.05) is 48.6 Å². The molecule has 4 aromatic rings. The summed E-state index contributed by atoms with van der Waals surface area (Å²) in [6.45, 7) is 5.89. The van der Waals surface area contributed by atoms with Gasteiger partial charge in [0.25, 0.3) is 5.91 Å². The van der Waals surface area contributed by atoms with Crippen molar-refractivity contribution >= 4 is 43.9 Å². The largest absolute Gasteiger partial charge is 0.481 e. The number of benzene rings is 3. The summed E-state index contributed by atoms with van der Waals surface area (Å²) in [6, 6.07) is 19.5. The third kappa shape index (κ3) is 3.96. The number of rotatable bonds is 6. The molecule has 1 heterocycles. The molecule has 0 aliphatic carbocycles. The summed E-state index contributed by atoms with van der Waals surface area (Å²) >= 11 is 1.19. The lowest BCUT2D eigenvalue weighted by atomic mass is 10.1. The maximum Gasteiger partial charge on any atom is 0.308 e. The number of nitrogens with one attached hydrogen (secondary N) is 1. The van der Waals surface area contributed by atoms with Gasteiger partial charge >= 0.3 is 4.87 Å². The van der Waals surface area contributed by atoms with E-state index in [0.29, 0.717) is 17.9 Å². The van der Waals surface area contributed by atoms with E-state index in [-0.39, 0.29) is 16.8 Å². The zero-order valence-electron chi connectivity index (χ0n) is 17.2. The number of carbonyl (C=O) groups excluding carboxylic acids is 1. The first kappa shape index (κ1) is 20.2. The molecule has 0 aliphatic heterocycles. The standard InChI is InChI=1S/C24H24N2O3S/c1-4-21(29-19-11-9-16-7-5-6-8-17(16)13-19)23(27)25-18-10-12-20-22(14-18)30-24(28)26(20)15(2)3/h5-15,21H,4H2,1-3H3,(H,25,27)/t21-/m0/s1. The van der Waals surface area contributed by atoms with Gasteiger partial charge in [0.15, 0.2) is 6.10 Å². The van der Waals surface area contributed by atoms with Crippen LogP contribution in [0, 0.1) is 0 Å². The Morgan fingerprint density at radius 1 is 1.07 bits per heavy atom. The summed E-state index contributed by atoms with van der Waals surface area (Å²) in [7, 11) is 0. The fourth-order valence-corrected chi connectivity index (χ4v) is 4.61. The Morgan fingerprint density at radius 3 is 2.57 bits per heavy atom. The average molecular weight is 421 g/mol. The van der Waals surface area contributed by atoms with Gasteiger partial charge in [-0.15, -0.1) is 0 Å². The van der Waals surface area contributed by atoms with Crippen molar-refractivity contribution in [1.82, 2.24) is 4.57 Å². The normalized spacial score (nSPS) is 12.4. The highest BCUT2D eigenvalue weighted by atomic mass is 32.1. The molecule has 4 rings (SSSR count). The Balaban J connectivity index is 1.53. The van der Waals surface area contributed by atoms with E-state index in [9.17, 15) is 9.59 Å². The van der Waals surface area contributed by atoms with Gasteiger partial charge in [-0.2, -0.15) is 0 Å². The molecular formula is C24H24N2O3S. The number of hydrogen-bond donors (Lipinski definition) is 1. The minimum Gasteiger partial charge on any atom is -0.481 e. The topological polar surface area (TPSA) is 60.3 Å². The van der Waals surface area contributed by atoms with Gasteiger partial charge in [0.1, 0.15) is 5.75 Å². The van der Waals surface area contributed by atoms with Crippen LogP contribution in [0.2, 0.25) is 0 Å². The van der Waals surface area contributed by atoms with Gasteiger partial charge < -0.3 is 10.1 Å². The van der Waals surface area contributed by atoms with Crippen LogP contribution in [0.1, 0.15) is 33.2 Å². The third-order valence-corrected chi connectivity index (χ3v) is 5.98. The number of carbonyl (C=O) groups is 1. The third-order valence-electron chi connectivity index (χ3n) is 5.06. The van der Waals surface area contributed by atoms with Crippen molar-refractivity contribution in [2.75, 3.05) is 5.32 Å². The van der Waals surface area contributed by atoms with Crippen molar-refractivity contribution in [3.63, 3.8) is 0 Å². The first-order valence-corrected chi connectivity index (χ1v) is 10.9. The van der Waals surface area contributed by atoms with Crippen LogP contribution in [0.25, 0.3) is 21.0 Å². The molecule has 0 spiro atoms. The summed E-state index contributed by atoms with van der Waals surface area (Å²) in [6.07, 6.45) is -0.0707. The zero-order chi connectivity index (χ0) is 21.3. The summed E-state index contributed by atoms with van der Waals surface area (Å²) < 4.78 is 8.61. The lowest BCUT2D eigenvalue weighted by Crippen LogP contribution is -2.32. The number of nitrogens with zero attached hydrogens (tertiary/aromatic N) is 1. The molecule has 6 heteroatoms. The van der Waals surface area contributed by atoms with Crippen molar-refractivity contribution in [2.24, 2.45) is 0 Å². The molecule has 5 nitrogen and oxygen atoms in total. The van der Waals surface area contributed by atoms with Crippen LogP contribution in [0.4, 0.5) is 5.69 Å². The van der Waals surface area contributed by atoms with E-state index in [1.54, 1.807) is 4.57 Å². The van der Waals surface area contributed by atoms with Gasteiger partial charge in [-0.3, -0.25) is 14.2 Å². The average Bonchev–Trinajstić information content (AvgIpc) is 3.06. The summed E-state index contributed by atoms with van der Waals surface area (Å²) in [4.78, 5) is 25.1. The Bertz CT molecular complexity index is 1270. The Hall–Kier alpha value is -3.12. The quantitative estimate of drug-likeness (QED) is 0.442. The van der Waals surface area contributed by atoms with E-state index in [1.807, 2.05) is 81.4 Å². The van der Waals surface area contributed by atoms with Crippen LogP contribution < -0.4 is 14.9 Å². The van der Waals surface area contributed by atoms with Crippen LogP contribution in [0.5, 0.6) is 5.75 Å². The van der Waals surface area contributed by atoms with Crippen LogP contribution in [0.3, 0.4) is 0 Å². The molecule has 1 aromatic heterocycles. The fraction of sp³-hybridized carbons (Fsp3) is 0.250. The number of amides is 1. The predicted molar refractivity (Wildman–Crippen MR) is 124 cm³/mol. The van der Waals surface area contributed by atoms with Crippen molar-refractivity contribution in [2.45, 2.75) is 39.3 Å². The first-order chi connectivity index (χ1) is 14.5. The van der Waals surface area contributed by atoms with E-state index < -0.39 is 6.10 Å². The number of fused-ring (bicyclic) bond motifs is 2. The van der Waals surface area contributed by atoms with Crippen molar-refractivity contribution in [3.05, 3.63) is 70.3 Å². The Labute approximate surface area is 178 Å². The molecule has 0 unspecified atom stereocenters. The van der Waals surface area contributed by atoms with Gasteiger partial charge in [-0.25, -0.2) is 0 Å². The molecule has 30 heavy (non-hydrogen) atoms. The van der Waals surface area contributed by atoms with Crippen molar-refractivity contribution < 1.29 is 9.53 Å². The van der Waals surface area contributed by atoms with Crippen LogP contribution >= 0.6 is 11.3 Å². The molecule has 0 saturated carbocycles.